The molecule has 26 heavy (non-hydrogen) atoms. The number of benzene rings is 2. The highest BCUT2D eigenvalue weighted by Gasteiger charge is 2.31. The highest BCUT2D eigenvalue weighted by molar-refractivity contribution is 9.10. The smallest absolute Gasteiger partial charge is 0.368 e. The van der Waals surface area contributed by atoms with E-state index in [1.165, 1.54) is 6.07 Å². The van der Waals surface area contributed by atoms with Crippen LogP contribution in [0, 0.1) is 0 Å². The molecule has 2 aromatic carbocycles. The maximum Gasteiger partial charge on any atom is 0.416 e. The van der Waals surface area contributed by atoms with E-state index in [9.17, 15) is 22.8 Å². The van der Waals surface area contributed by atoms with Crippen LogP contribution in [-0.2, 0) is 17.4 Å². The Balaban J connectivity index is 2.21. The number of carbonyl (C=O) groups is 2. The number of halogens is 5. The zero-order valence-corrected chi connectivity index (χ0v) is 15.5. The van der Waals surface area contributed by atoms with E-state index < -0.39 is 29.6 Å². The van der Waals surface area contributed by atoms with E-state index in [0.717, 1.165) is 12.1 Å². The van der Waals surface area contributed by atoms with Crippen LogP contribution < -0.4 is 11.1 Å². The highest BCUT2D eigenvalue weighted by Crippen LogP contribution is 2.29. The average Bonchev–Trinajstić information content (AvgIpc) is 2.56. The van der Waals surface area contributed by atoms with Gasteiger partial charge in [0.2, 0.25) is 5.91 Å². The van der Waals surface area contributed by atoms with Crippen molar-refractivity contribution >= 4 is 39.3 Å². The Labute approximate surface area is 160 Å². The predicted octanol–water partition coefficient (Wildman–Crippen LogP) is 3.95. The number of hydrogen-bond acceptors (Lipinski definition) is 2. The lowest BCUT2D eigenvalue weighted by molar-refractivity contribution is -0.137. The summed E-state index contributed by atoms with van der Waals surface area (Å²) in [5.74, 6) is -1.66. The normalized spacial score (nSPS) is 12.5. The molecule has 0 heterocycles. The number of rotatable bonds is 5. The number of alkyl halides is 3. The van der Waals surface area contributed by atoms with Crippen molar-refractivity contribution in [2.45, 2.75) is 18.6 Å². The second-order valence-electron chi connectivity index (χ2n) is 5.45. The van der Waals surface area contributed by atoms with Gasteiger partial charge in [-0.15, -0.1) is 0 Å². The van der Waals surface area contributed by atoms with Crippen LogP contribution in [0.5, 0.6) is 0 Å². The zero-order valence-electron chi connectivity index (χ0n) is 13.1. The van der Waals surface area contributed by atoms with Crippen molar-refractivity contribution in [1.82, 2.24) is 5.32 Å². The summed E-state index contributed by atoms with van der Waals surface area (Å²) in [6.45, 7) is 0. The summed E-state index contributed by atoms with van der Waals surface area (Å²) in [5, 5.41) is 2.79. The third-order valence-corrected chi connectivity index (χ3v) is 4.54. The Kier molecular flexibility index (Phi) is 6.30. The fraction of sp³-hybridized carbons (Fsp3) is 0.176. The zero-order chi connectivity index (χ0) is 19.5. The SMILES string of the molecule is NC(=O)[C@H](Cc1cc(Cl)ccc1Br)NC(=O)c1cccc(C(F)(F)F)c1. The molecule has 0 saturated heterocycles. The van der Waals surface area contributed by atoms with Gasteiger partial charge in [0.1, 0.15) is 6.04 Å². The molecule has 0 spiro atoms. The molecular formula is C17H13BrClF3N2O2. The Morgan fingerprint density at radius 2 is 1.88 bits per heavy atom. The van der Waals surface area contributed by atoms with E-state index in [0.29, 0.717) is 21.1 Å². The fourth-order valence-corrected chi connectivity index (χ4v) is 2.82. The van der Waals surface area contributed by atoms with Gasteiger partial charge in [-0.05, 0) is 42.0 Å². The molecular weight excluding hydrogens is 437 g/mol. The van der Waals surface area contributed by atoms with Crippen LogP contribution in [0.3, 0.4) is 0 Å². The maximum absolute atomic E-state index is 12.8. The third-order valence-electron chi connectivity index (χ3n) is 3.53. The van der Waals surface area contributed by atoms with E-state index >= 15 is 0 Å². The molecule has 9 heteroatoms. The standard InChI is InChI=1S/C17H13BrClF3N2O2/c18-13-5-4-12(19)7-10(13)8-14(15(23)25)24-16(26)9-2-1-3-11(6-9)17(20,21)22/h1-7,14H,8H2,(H2,23,25)(H,24,26)/t14-/m0/s1. The first kappa shape index (κ1) is 20.3. The second kappa shape index (κ2) is 8.09. The number of carbonyl (C=O) groups excluding carboxylic acids is 2. The minimum atomic E-state index is -4.58. The fourth-order valence-electron chi connectivity index (χ4n) is 2.22. The Morgan fingerprint density at radius 1 is 1.19 bits per heavy atom. The van der Waals surface area contributed by atoms with Gasteiger partial charge in [-0.25, -0.2) is 0 Å². The summed E-state index contributed by atoms with van der Waals surface area (Å²) in [6.07, 6.45) is -4.55. The summed E-state index contributed by atoms with van der Waals surface area (Å²) in [5.41, 5.74) is 4.75. The summed E-state index contributed by atoms with van der Waals surface area (Å²) >= 11 is 9.21. The lowest BCUT2D eigenvalue weighted by Crippen LogP contribution is -2.46. The van der Waals surface area contributed by atoms with Gasteiger partial charge in [-0.3, -0.25) is 9.59 Å². The maximum atomic E-state index is 12.8. The molecule has 2 amide bonds. The van der Waals surface area contributed by atoms with Crippen molar-refractivity contribution < 1.29 is 22.8 Å². The third kappa shape index (κ3) is 5.22. The quantitative estimate of drug-likeness (QED) is 0.726. The summed E-state index contributed by atoms with van der Waals surface area (Å²) in [7, 11) is 0. The summed E-state index contributed by atoms with van der Waals surface area (Å²) in [6, 6.07) is 7.68. The predicted molar refractivity (Wildman–Crippen MR) is 94.7 cm³/mol. The van der Waals surface area contributed by atoms with Gasteiger partial charge < -0.3 is 11.1 Å². The lowest BCUT2D eigenvalue weighted by Gasteiger charge is -2.17. The number of hydrogen-bond donors (Lipinski definition) is 2. The Bertz CT molecular complexity index is 843. The van der Waals surface area contributed by atoms with Crippen LogP contribution >= 0.6 is 27.5 Å². The monoisotopic (exact) mass is 448 g/mol. The van der Waals surface area contributed by atoms with Gasteiger partial charge in [0.15, 0.2) is 0 Å². The lowest BCUT2D eigenvalue weighted by atomic mass is 10.0. The molecule has 0 aliphatic carbocycles. The first-order valence-electron chi connectivity index (χ1n) is 7.29. The molecule has 0 bridgehead atoms. The molecule has 0 aliphatic rings. The van der Waals surface area contributed by atoms with Crippen molar-refractivity contribution in [1.29, 1.82) is 0 Å². The van der Waals surface area contributed by atoms with Gasteiger partial charge in [0.25, 0.3) is 5.91 Å². The largest absolute Gasteiger partial charge is 0.416 e. The molecule has 0 radical (unpaired) electrons. The first-order chi connectivity index (χ1) is 12.1. The molecule has 2 rings (SSSR count). The van der Waals surface area contributed by atoms with E-state index in [1.807, 2.05) is 0 Å². The van der Waals surface area contributed by atoms with E-state index in [-0.39, 0.29) is 12.0 Å². The van der Waals surface area contributed by atoms with Crippen molar-refractivity contribution in [2.75, 3.05) is 0 Å². The molecule has 138 valence electrons. The van der Waals surface area contributed by atoms with E-state index in [2.05, 4.69) is 21.2 Å². The van der Waals surface area contributed by atoms with Crippen LogP contribution in [0.1, 0.15) is 21.5 Å². The van der Waals surface area contributed by atoms with Crippen LogP contribution in [0.2, 0.25) is 5.02 Å². The molecule has 4 nitrogen and oxygen atoms in total. The number of nitrogens with two attached hydrogens (primary N) is 1. The molecule has 0 saturated carbocycles. The van der Waals surface area contributed by atoms with Crippen molar-refractivity contribution in [3.8, 4) is 0 Å². The Hall–Kier alpha value is -2.06. The molecule has 3 N–H and O–H groups in total. The molecule has 1 atom stereocenters. The molecule has 2 aromatic rings. The van der Waals surface area contributed by atoms with Crippen LogP contribution in [0.4, 0.5) is 13.2 Å². The minimum Gasteiger partial charge on any atom is -0.368 e. The Morgan fingerprint density at radius 3 is 2.50 bits per heavy atom. The van der Waals surface area contributed by atoms with Gasteiger partial charge in [-0.2, -0.15) is 13.2 Å². The molecule has 0 unspecified atom stereocenters. The molecule has 0 aliphatic heterocycles. The van der Waals surface area contributed by atoms with Gasteiger partial charge >= 0.3 is 6.18 Å². The van der Waals surface area contributed by atoms with Crippen molar-refractivity contribution in [2.24, 2.45) is 5.73 Å². The summed E-state index contributed by atoms with van der Waals surface area (Å²) in [4.78, 5) is 23.9. The number of primary amides is 1. The highest BCUT2D eigenvalue weighted by atomic mass is 79.9. The van der Waals surface area contributed by atoms with Gasteiger partial charge in [-0.1, -0.05) is 33.6 Å². The molecule has 0 aromatic heterocycles. The summed E-state index contributed by atoms with van der Waals surface area (Å²) < 4.78 is 39.0. The molecule has 0 fully saturated rings. The van der Waals surface area contributed by atoms with Crippen molar-refractivity contribution in [3.05, 3.63) is 68.7 Å². The van der Waals surface area contributed by atoms with Gasteiger partial charge in [0.05, 0.1) is 5.56 Å². The van der Waals surface area contributed by atoms with Crippen LogP contribution in [0.25, 0.3) is 0 Å². The second-order valence-corrected chi connectivity index (χ2v) is 6.74. The topological polar surface area (TPSA) is 72.2 Å². The van der Waals surface area contributed by atoms with Crippen molar-refractivity contribution in [3.63, 3.8) is 0 Å². The van der Waals surface area contributed by atoms with Gasteiger partial charge in [0, 0.05) is 21.5 Å². The van der Waals surface area contributed by atoms with Crippen LogP contribution in [0.15, 0.2) is 46.9 Å². The average molecular weight is 450 g/mol. The van der Waals surface area contributed by atoms with E-state index in [4.69, 9.17) is 17.3 Å². The number of nitrogens with one attached hydrogen (secondary N) is 1. The van der Waals surface area contributed by atoms with Crippen LogP contribution in [-0.4, -0.2) is 17.9 Å². The number of amides is 2. The first-order valence-corrected chi connectivity index (χ1v) is 8.46. The minimum absolute atomic E-state index is 0.0289. The van der Waals surface area contributed by atoms with E-state index in [1.54, 1.807) is 18.2 Å².